The van der Waals surface area contributed by atoms with E-state index < -0.39 is 0 Å². The van der Waals surface area contributed by atoms with Crippen LogP contribution in [0.25, 0.3) is 6.08 Å². The fourth-order valence-corrected chi connectivity index (χ4v) is 3.90. The van der Waals surface area contributed by atoms with Crippen molar-refractivity contribution in [2.45, 2.75) is 26.2 Å². The number of benzene rings is 1. The normalized spacial score (nSPS) is 13.6. The van der Waals surface area contributed by atoms with Gasteiger partial charge in [-0.05, 0) is 74.3 Å². The van der Waals surface area contributed by atoms with E-state index in [9.17, 15) is 0 Å². The summed E-state index contributed by atoms with van der Waals surface area (Å²) in [7, 11) is 1.71. The molecule has 2 heterocycles. The van der Waals surface area contributed by atoms with Gasteiger partial charge in [0.2, 0.25) is 0 Å². The number of nitrogens with two attached hydrogens (primary N) is 1. The van der Waals surface area contributed by atoms with Crippen molar-refractivity contribution in [2.75, 3.05) is 38.6 Å². The number of methoxy groups -OCH3 is 1. The maximum atomic E-state index is 5.52. The number of fused-ring (bicyclic) bond motifs is 4. The molecule has 152 valence electrons. The molecule has 4 rings (SSSR count). The van der Waals surface area contributed by atoms with Gasteiger partial charge in [0.1, 0.15) is 11.6 Å². The molecular weight excluding hydrogens is 362 g/mol. The lowest BCUT2D eigenvalue weighted by atomic mass is 10.00. The van der Waals surface area contributed by atoms with Gasteiger partial charge in [-0.3, -0.25) is 0 Å². The lowest BCUT2D eigenvalue weighted by Crippen LogP contribution is -2.21. The second-order valence-electron chi connectivity index (χ2n) is 7.49. The Balaban J connectivity index is 1.65. The fourth-order valence-electron chi connectivity index (χ4n) is 3.90. The average molecular weight is 392 g/mol. The summed E-state index contributed by atoms with van der Waals surface area (Å²) in [6.07, 6.45) is 8.99. The molecule has 0 saturated carbocycles. The van der Waals surface area contributed by atoms with Gasteiger partial charge in [-0.15, -0.1) is 0 Å². The van der Waals surface area contributed by atoms with E-state index in [4.69, 9.17) is 15.5 Å². The Morgan fingerprint density at radius 3 is 2.86 bits per heavy atom. The van der Waals surface area contributed by atoms with Crippen LogP contribution in [0.5, 0.6) is 0 Å². The van der Waals surface area contributed by atoms with E-state index in [2.05, 4.69) is 46.8 Å². The Bertz CT molecular complexity index is 1150. The smallest absolute Gasteiger partial charge is 0.136 e. The molecule has 0 fully saturated rings. The van der Waals surface area contributed by atoms with Crippen LogP contribution in [0.15, 0.2) is 35.2 Å². The monoisotopic (exact) mass is 391 g/mol. The maximum absolute atomic E-state index is 5.52. The molecule has 1 aromatic heterocycles. The summed E-state index contributed by atoms with van der Waals surface area (Å²) in [5.74, 6) is 1.83. The van der Waals surface area contributed by atoms with Gasteiger partial charge >= 0.3 is 0 Å². The summed E-state index contributed by atoms with van der Waals surface area (Å²) in [5, 5.41) is 11.5. The van der Waals surface area contributed by atoms with E-state index in [-0.39, 0.29) is 0 Å². The molecule has 0 saturated heterocycles. The highest BCUT2D eigenvalue weighted by Crippen LogP contribution is 2.26. The molecule has 0 spiro atoms. The Morgan fingerprint density at radius 2 is 2.03 bits per heavy atom. The highest BCUT2D eigenvalue weighted by atomic mass is 16.5. The third-order valence-corrected chi connectivity index (χ3v) is 5.47. The number of ether oxygens (including phenoxy) is 1. The number of aryl methyl sites for hydroxylation is 1. The molecule has 0 radical (unpaired) electrons. The van der Waals surface area contributed by atoms with Crippen LogP contribution >= 0.6 is 0 Å². The number of aromatic nitrogens is 1. The van der Waals surface area contributed by atoms with E-state index in [1.165, 1.54) is 16.0 Å². The molecule has 2 aromatic rings. The van der Waals surface area contributed by atoms with E-state index >= 15 is 0 Å². The number of anilines is 1. The number of nitrogens with zero attached hydrogens (tertiary/aromatic N) is 2. The van der Waals surface area contributed by atoms with Crippen LogP contribution in [0.3, 0.4) is 0 Å². The molecule has 29 heavy (non-hydrogen) atoms. The Kier molecular flexibility index (Phi) is 5.92. The first-order valence-corrected chi connectivity index (χ1v) is 10.3. The molecule has 1 aliphatic carbocycles. The lowest BCUT2D eigenvalue weighted by Gasteiger charge is -2.11. The minimum absolute atomic E-state index is 0.734. The predicted molar refractivity (Wildman–Crippen MR) is 116 cm³/mol. The van der Waals surface area contributed by atoms with Crippen LogP contribution in [0.2, 0.25) is 0 Å². The van der Waals surface area contributed by atoms with E-state index in [0.29, 0.717) is 0 Å². The molecule has 0 atom stereocenters. The summed E-state index contributed by atoms with van der Waals surface area (Å²) in [6, 6.07) is 4.33. The number of hydrogen-bond acceptors (Lipinski definition) is 6. The van der Waals surface area contributed by atoms with E-state index in [0.717, 1.165) is 78.8 Å². The summed E-state index contributed by atoms with van der Waals surface area (Å²) in [5.41, 5.74) is 8.96. The summed E-state index contributed by atoms with van der Waals surface area (Å²) < 4.78 is 5.40. The molecule has 2 aliphatic rings. The lowest BCUT2D eigenvalue weighted by molar-refractivity contribution is 0.311. The van der Waals surface area contributed by atoms with Gasteiger partial charge in [-0.2, -0.15) is 0 Å². The number of pyridine rings is 1. The zero-order valence-electron chi connectivity index (χ0n) is 17.2. The molecule has 6 heteroatoms. The first-order chi connectivity index (χ1) is 14.2. The highest BCUT2D eigenvalue weighted by molar-refractivity contribution is 5.61. The first-order valence-electron chi connectivity index (χ1n) is 10.3. The van der Waals surface area contributed by atoms with Crippen molar-refractivity contribution in [2.24, 2.45) is 10.7 Å². The zero-order chi connectivity index (χ0) is 20.2. The average Bonchev–Trinajstić information content (AvgIpc) is 3.15. The number of hydrogen-bond donors (Lipinski definition) is 3. The first kappa shape index (κ1) is 19.6. The Labute approximate surface area is 170 Å². The standard InChI is InChI=1S/C23H29N5O/c1-15-14-27-23(26-12-4-11-25-10-3-9-24)20-19-7-5-16-13-17(29-2)6-8-18(16)22(19)28-21(15)20/h5-7,13-14,25H,3-4,8-12,24H2,1-2H3,(H,26,27). The van der Waals surface area contributed by atoms with Gasteiger partial charge in [0.25, 0.3) is 0 Å². The van der Waals surface area contributed by atoms with Crippen molar-refractivity contribution in [3.8, 4) is 0 Å². The van der Waals surface area contributed by atoms with Gasteiger partial charge in [0, 0.05) is 18.0 Å². The molecule has 1 aromatic carbocycles. The summed E-state index contributed by atoms with van der Waals surface area (Å²) in [4.78, 5) is 9.71. The van der Waals surface area contributed by atoms with Crippen LogP contribution in [-0.4, -0.2) is 38.3 Å². The molecule has 0 bridgehead atoms. The quantitative estimate of drug-likeness (QED) is 0.482. The molecule has 1 aliphatic heterocycles. The fraction of sp³-hybridized carbons (Fsp3) is 0.391. The molecule has 0 amide bonds. The second kappa shape index (κ2) is 8.76. The minimum Gasteiger partial charge on any atom is -0.497 e. The number of nitrogens with one attached hydrogen (secondary N) is 2. The maximum Gasteiger partial charge on any atom is 0.136 e. The molecule has 6 nitrogen and oxygen atoms in total. The van der Waals surface area contributed by atoms with E-state index in [1.807, 2.05) is 6.20 Å². The topological polar surface area (TPSA) is 84.6 Å². The number of allylic oxidation sites excluding steroid dienone is 2. The second-order valence-corrected chi connectivity index (χ2v) is 7.49. The van der Waals surface area contributed by atoms with Gasteiger partial charge in [-0.25, -0.2) is 9.98 Å². The van der Waals surface area contributed by atoms with Gasteiger partial charge in [0.15, 0.2) is 0 Å². The third kappa shape index (κ3) is 3.91. The van der Waals surface area contributed by atoms with Crippen LogP contribution in [0, 0.1) is 17.4 Å². The van der Waals surface area contributed by atoms with Crippen LogP contribution in [-0.2, 0) is 11.2 Å². The summed E-state index contributed by atoms with van der Waals surface area (Å²) >= 11 is 0. The Hall–Kier alpha value is -2.70. The van der Waals surface area contributed by atoms with Crippen molar-refractivity contribution in [1.82, 2.24) is 10.3 Å². The van der Waals surface area contributed by atoms with Crippen LogP contribution in [0.4, 0.5) is 11.5 Å². The van der Waals surface area contributed by atoms with Crippen LogP contribution < -0.4 is 26.9 Å². The van der Waals surface area contributed by atoms with Crippen molar-refractivity contribution in [3.63, 3.8) is 0 Å². The van der Waals surface area contributed by atoms with Crippen molar-refractivity contribution >= 4 is 17.6 Å². The van der Waals surface area contributed by atoms with E-state index in [1.54, 1.807) is 7.11 Å². The highest BCUT2D eigenvalue weighted by Gasteiger charge is 2.16. The number of rotatable bonds is 9. The van der Waals surface area contributed by atoms with Crippen molar-refractivity contribution in [3.05, 3.63) is 62.3 Å². The largest absolute Gasteiger partial charge is 0.497 e. The zero-order valence-corrected chi connectivity index (χ0v) is 17.2. The van der Waals surface area contributed by atoms with Gasteiger partial charge in [0.05, 0.1) is 23.4 Å². The summed E-state index contributed by atoms with van der Waals surface area (Å²) in [6.45, 7) is 5.62. The minimum atomic E-state index is 0.734. The molecule has 0 unspecified atom stereocenters. The Morgan fingerprint density at radius 1 is 1.17 bits per heavy atom. The van der Waals surface area contributed by atoms with Gasteiger partial charge < -0.3 is 21.1 Å². The third-order valence-electron chi connectivity index (χ3n) is 5.47. The van der Waals surface area contributed by atoms with Crippen molar-refractivity contribution < 1.29 is 4.74 Å². The molecular formula is C23H29N5O. The van der Waals surface area contributed by atoms with Crippen LogP contribution in [0.1, 0.15) is 24.0 Å². The van der Waals surface area contributed by atoms with Gasteiger partial charge in [-0.1, -0.05) is 12.1 Å². The SMILES string of the molecule is COC1=CCc2c3c(ccc2=C1)=c1c(NCCCNCCCN)ncc(C)c1=N3. The van der Waals surface area contributed by atoms with Crippen molar-refractivity contribution in [1.29, 1.82) is 0 Å². The molecule has 4 N–H and O–H groups in total. The predicted octanol–water partition coefficient (Wildman–Crippen LogP) is 1.55.